The minimum Gasteiger partial charge on any atom is -0.345 e. The summed E-state index contributed by atoms with van der Waals surface area (Å²) < 4.78 is 52.0. The summed E-state index contributed by atoms with van der Waals surface area (Å²) in [5.41, 5.74) is 1.20. The molecule has 8 nitrogen and oxygen atoms in total. The van der Waals surface area contributed by atoms with E-state index in [0.717, 1.165) is 11.6 Å². The van der Waals surface area contributed by atoms with Crippen molar-refractivity contribution in [1.29, 1.82) is 0 Å². The number of pyridine rings is 1. The van der Waals surface area contributed by atoms with Crippen LogP contribution in [0.4, 0.5) is 23.4 Å². The number of amides is 1. The highest BCUT2D eigenvalue weighted by atomic mass is 19.4. The topological polar surface area (TPSA) is 98.8 Å². The molecule has 1 aliphatic heterocycles. The van der Waals surface area contributed by atoms with Gasteiger partial charge in [0.25, 0.3) is 0 Å². The van der Waals surface area contributed by atoms with Gasteiger partial charge in [-0.25, -0.2) is 19.3 Å². The highest BCUT2D eigenvalue weighted by Crippen LogP contribution is 2.28. The van der Waals surface area contributed by atoms with Crippen LogP contribution in [0, 0.1) is 5.82 Å². The average Bonchev–Trinajstić information content (AvgIpc) is 3.16. The normalized spacial score (nSPS) is 17.3. The minimum absolute atomic E-state index is 0.0550. The van der Waals surface area contributed by atoms with Gasteiger partial charge in [-0.15, -0.1) is 0 Å². The van der Waals surface area contributed by atoms with E-state index in [0.29, 0.717) is 17.8 Å². The molecule has 1 unspecified atom stereocenters. The van der Waals surface area contributed by atoms with Crippen molar-refractivity contribution in [2.45, 2.75) is 12.2 Å². The Bertz CT molecular complexity index is 1070. The van der Waals surface area contributed by atoms with Gasteiger partial charge in [0.05, 0.1) is 6.20 Å². The van der Waals surface area contributed by atoms with E-state index >= 15 is 0 Å². The van der Waals surface area contributed by atoms with Crippen LogP contribution in [0.25, 0.3) is 22.4 Å². The fourth-order valence-electron chi connectivity index (χ4n) is 3.33. The molecule has 3 N–H and O–H groups in total. The van der Waals surface area contributed by atoms with Gasteiger partial charge in [-0.1, -0.05) is 0 Å². The molecule has 3 aromatic heterocycles. The lowest BCUT2D eigenvalue weighted by atomic mass is 10.1. The SMILES string of the molecule is O=C(NCC(F)(F)F)C1CNCCN1c1nc(-c2c[nH]c3ncccc23)ncc1F. The van der Waals surface area contributed by atoms with Gasteiger partial charge in [-0.3, -0.25) is 4.79 Å². The highest BCUT2D eigenvalue weighted by Gasteiger charge is 2.34. The Balaban J connectivity index is 1.66. The maximum Gasteiger partial charge on any atom is 0.405 e. The summed E-state index contributed by atoms with van der Waals surface area (Å²) in [6.45, 7) is -0.804. The van der Waals surface area contributed by atoms with E-state index in [1.165, 1.54) is 4.90 Å². The van der Waals surface area contributed by atoms with Crippen molar-refractivity contribution in [3.8, 4) is 11.4 Å². The monoisotopic (exact) mass is 423 g/mol. The number of nitrogens with one attached hydrogen (secondary N) is 3. The van der Waals surface area contributed by atoms with Crippen LogP contribution >= 0.6 is 0 Å². The zero-order valence-electron chi connectivity index (χ0n) is 15.5. The third-order valence-electron chi connectivity index (χ3n) is 4.70. The predicted molar refractivity (Wildman–Crippen MR) is 100 cm³/mol. The minimum atomic E-state index is -4.54. The number of rotatable bonds is 4. The van der Waals surface area contributed by atoms with E-state index in [2.05, 4.69) is 25.3 Å². The lowest BCUT2D eigenvalue weighted by molar-refractivity contribution is -0.139. The summed E-state index contributed by atoms with van der Waals surface area (Å²) in [5, 5.41) is 5.52. The zero-order chi connectivity index (χ0) is 21.3. The molecule has 0 aromatic carbocycles. The van der Waals surface area contributed by atoms with Gasteiger partial charge in [0, 0.05) is 43.0 Å². The van der Waals surface area contributed by atoms with Crippen molar-refractivity contribution in [3.63, 3.8) is 0 Å². The Morgan fingerprint density at radius 3 is 2.97 bits per heavy atom. The van der Waals surface area contributed by atoms with E-state index in [1.54, 1.807) is 24.5 Å². The fraction of sp³-hybridized carbons (Fsp3) is 0.333. The van der Waals surface area contributed by atoms with Crippen molar-refractivity contribution in [1.82, 2.24) is 30.6 Å². The van der Waals surface area contributed by atoms with E-state index in [-0.39, 0.29) is 24.7 Å². The van der Waals surface area contributed by atoms with Crippen LogP contribution in [-0.2, 0) is 4.79 Å². The van der Waals surface area contributed by atoms with Crippen molar-refractivity contribution < 1.29 is 22.4 Å². The lowest BCUT2D eigenvalue weighted by Gasteiger charge is -2.36. The Morgan fingerprint density at radius 1 is 1.33 bits per heavy atom. The molecule has 0 bridgehead atoms. The number of aromatic amines is 1. The number of piperazine rings is 1. The van der Waals surface area contributed by atoms with Crippen molar-refractivity contribution in [2.24, 2.45) is 0 Å². The number of halogens is 4. The van der Waals surface area contributed by atoms with Gasteiger partial charge >= 0.3 is 6.18 Å². The summed E-state index contributed by atoms with van der Waals surface area (Å²) in [4.78, 5) is 29.2. The smallest absolute Gasteiger partial charge is 0.345 e. The molecule has 158 valence electrons. The first-order valence-corrected chi connectivity index (χ1v) is 9.10. The Hall–Kier alpha value is -3.28. The maximum atomic E-state index is 14.6. The number of carbonyl (C=O) groups is 1. The molecular formula is C18H17F4N7O. The van der Waals surface area contributed by atoms with E-state index in [4.69, 9.17) is 0 Å². The first-order valence-electron chi connectivity index (χ1n) is 9.10. The number of nitrogens with zero attached hydrogens (tertiary/aromatic N) is 4. The standard InChI is InChI=1S/C18H17F4N7O/c19-12-7-26-15(11-6-25-14-10(11)2-1-3-24-14)28-16(12)29-5-4-23-8-13(29)17(30)27-9-18(20,21)22/h1-3,6-7,13,23H,4-5,8-9H2,(H,24,25)(H,27,30). The zero-order valence-corrected chi connectivity index (χ0v) is 15.5. The highest BCUT2D eigenvalue weighted by molar-refractivity contribution is 5.91. The summed E-state index contributed by atoms with van der Waals surface area (Å²) >= 11 is 0. The van der Waals surface area contributed by atoms with Gasteiger partial charge in [-0.2, -0.15) is 13.2 Å². The molecule has 1 fully saturated rings. The molecule has 1 aliphatic rings. The van der Waals surface area contributed by atoms with Crippen LogP contribution in [-0.4, -0.2) is 64.2 Å². The van der Waals surface area contributed by atoms with E-state index < -0.39 is 30.5 Å². The Morgan fingerprint density at radius 2 is 2.17 bits per heavy atom. The summed E-state index contributed by atoms with van der Waals surface area (Å²) in [6.07, 6.45) is -0.302. The number of hydrogen-bond donors (Lipinski definition) is 3. The molecule has 4 heterocycles. The summed E-state index contributed by atoms with van der Waals surface area (Å²) in [7, 11) is 0. The molecule has 12 heteroatoms. The van der Waals surface area contributed by atoms with Crippen molar-refractivity contribution in [3.05, 3.63) is 36.5 Å². The number of H-pyrrole nitrogens is 1. The number of alkyl halides is 3. The second kappa shape index (κ2) is 7.86. The maximum absolute atomic E-state index is 14.6. The molecule has 1 saturated heterocycles. The molecular weight excluding hydrogens is 406 g/mol. The molecule has 0 aliphatic carbocycles. The van der Waals surface area contributed by atoms with Crippen LogP contribution in [0.1, 0.15) is 0 Å². The number of fused-ring (bicyclic) bond motifs is 1. The molecule has 30 heavy (non-hydrogen) atoms. The number of carbonyl (C=O) groups excluding carboxylic acids is 1. The fourth-order valence-corrected chi connectivity index (χ4v) is 3.33. The quantitative estimate of drug-likeness (QED) is 0.552. The third-order valence-corrected chi connectivity index (χ3v) is 4.70. The summed E-state index contributed by atoms with van der Waals surface area (Å²) in [6, 6.07) is 2.49. The molecule has 3 aromatic rings. The second-order valence-electron chi connectivity index (χ2n) is 6.71. The predicted octanol–water partition coefficient (Wildman–Crippen LogP) is 1.62. The molecule has 0 radical (unpaired) electrons. The van der Waals surface area contributed by atoms with Crippen molar-refractivity contribution in [2.75, 3.05) is 31.1 Å². The second-order valence-corrected chi connectivity index (χ2v) is 6.71. The molecule has 4 rings (SSSR count). The van der Waals surface area contributed by atoms with Crippen LogP contribution in [0.3, 0.4) is 0 Å². The summed E-state index contributed by atoms with van der Waals surface area (Å²) in [5.74, 6) is -1.58. The van der Waals surface area contributed by atoms with Gasteiger partial charge in [0.15, 0.2) is 17.5 Å². The van der Waals surface area contributed by atoms with Crippen LogP contribution in [0.5, 0.6) is 0 Å². The van der Waals surface area contributed by atoms with Gasteiger partial charge in [0.2, 0.25) is 5.91 Å². The van der Waals surface area contributed by atoms with Crippen LogP contribution in [0.15, 0.2) is 30.7 Å². The Kier molecular flexibility index (Phi) is 5.24. The molecule has 1 atom stereocenters. The Labute approximate surface area is 167 Å². The molecule has 0 spiro atoms. The van der Waals surface area contributed by atoms with E-state index in [9.17, 15) is 22.4 Å². The number of anilines is 1. The average molecular weight is 423 g/mol. The largest absolute Gasteiger partial charge is 0.405 e. The molecule has 0 saturated carbocycles. The first-order chi connectivity index (χ1) is 14.3. The van der Waals surface area contributed by atoms with Gasteiger partial charge in [0.1, 0.15) is 18.2 Å². The number of aromatic nitrogens is 4. The van der Waals surface area contributed by atoms with Crippen LogP contribution in [0.2, 0.25) is 0 Å². The van der Waals surface area contributed by atoms with Crippen LogP contribution < -0.4 is 15.5 Å². The van der Waals surface area contributed by atoms with Gasteiger partial charge in [-0.05, 0) is 12.1 Å². The van der Waals surface area contributed by atoms with Crippen molar-refractivity contribution >= 4 is 22.8 Å². The third kappa shape index (κ3) is 4.03. The van der Waals surface area contributed by atoms with E-state index in [1.807, 2.05) is 5.32 Å². The molecule has 1 amide bonds. The lowest BCUT2D eigenvalue weighted by Crippen LogP contribution is -2.59. The first kappa shape index (κ1) is 20.0. The van der Waals surface area contributed by atoms with Gasteiger partial charge < -0.3 is 20.5 Å². The number of hydrogen-bond acceptors (Lipinski definition) is 6.